The first-order chi connectivity index (χ1) is 40.5. The van der Waals surface area contributed by atoms with E-state index in [1.165, 1.54) is 32.6 Å². The van der Waals surface area contributed by atoms with Crippen molar-refractivity contribution in [2.75, 3.05) is 65.9 Å². The third-order valence-corrected chi connectivity index (χ3v) is 13.9. The molecule has 85 heavy (non-hydrogen) atoms. The molecule has 0 aromatic heterocycles. The number of amides is 4. The van der Waals surface area contributed by atoms with E-state index in [2.05, 4.69) is 21.3 Å². The third-order valence-electron chi connectivity index (χ3n) is 13.9. The van der Waals surface area contributed by atoms with E-state index in [-0.39, 0.29) is 136 Å². The summed E-state index contributed by atoms with van der Waals surface area (Å²) >= 11 is 0. The van der Waals surface area contributed by atoms with E-state index in [0.29, 0.717) is 32.1 Å². The summed E-state index contributed by atoms with van der Waals surface area (Å²) in [5.41, 5.74) is 0. The van der Waals surface area contributed by atoms with Gasteiger partial charge in [-0.1, -0.05) is 90.4 Å². The van der Waals surface area contributed by atoms with E-state index >= 15 is 0 Å². The molecular formula is C59H100N4O22. The largest absolute Gasteiger partial charge is 0.481 e. The van der Waals surface area contributed by atoms with Gasteiger partial charge in [-0.05, 0) is 58.3 Å². The second-order valence-electron chi connectivity index (χ2n) is 21.6. The van der Waals surface area contributed by atoms with Crippen LogP contribution < -0.4 is 21.3 Å². The molecule has 0 spiro atoms. The zero-order chi connectivity index (χ0) is 63.6. The van der Waals surface area contributed by atoms with Crippen molar-refractivity contribution >= 4 is 70.8 Å². The number of unbranched alkanes of at least 4 members (excludes halogenated alkanes) is 14. The average molecular weight is 1220 g/mol. The fourth-order valence-electron chi connectivity index (χ4n) is 8.77. The van der Waals surface area contributed by atoms with Crippen LogP contribution >= 0.6 is 0 Å². The maximum Gasteiger partial charge on any atom is 0.328 e. The fourth-order valence-corrected chi connectivity index (χ4v) is 8.77. The molecule has 4 amide bonds. The van der Waals surface area contributed by atoms with Gasteiger partial charge in [0.25, 0.3) is 0 Å². The highest BCUT2D eigenvalue weighted by molar-refractivity contribution is 5.88. The lowest BCUT2D eigenvalue weighted by Gasteiger charge is -2.19. The highest BCUT2D eigenvalue weighted by Crippen LogP contribution is 2.18. The first-order valence-electron chi connectivity index (χ1n) is 30.3. The van der Waals surface area contributed by atoms with Crippen LogP contribution in [0.2, 0.25) is 0 Å². The number of carbonyl (C=O) groups is 12. The van der Waals surface area contributed by atoms with Crippen LogP contribution in [0, 0.1) is 17.8 Å². The van der Waals surface area contributed by atoms with Gasteiger partial charge in [0.15, 0.2) is 17.6 Å². The topological polar surface area (TPSA) is 411 Å². The Balaban J connectivity index is 4.04. The number of carbonyl (C=O) groups excluding carboxylic acids is 7. The van der Waals surface area contributed by atoms with Gasteiger partial charge in [-0.3, -0.25) is 47.9 Å². The summed E-state index contributed by atoms with van der Waals surface area (Å²) in [6.45, 7) is 3.51. The number of Topliss-reactive ketones (excluding diaryl/α,β-unsaturated/α-hetero) is 3. The summed E-state index contributed by atoms with van der Waals surface area (Å²) in [4.78, 5) is 144. The molecule has 0 rings (SSSR count). The van der Waals surface area contributed by atoms with Crippen LogP contribution in [0.4, 0.5) is 0 Å². The Morgan fingerprint density at radius 2 is 0.847 bits per heavy atom. The summed E-state index contributed by atoms with van der Waals surface area (Å²) in [5.74, 6) is -11.6. The van der Waals surface area contributed by atoms with E-state index in [4.69, 9.17) is 29.2 Å². The van der Waals surface area contributed by atoms with Crippen LogP contribution in [-0.4, -0.2) is 186 Å². The number of carboxylic acid groups (broad SMARTS) is 5. The van der Waals surface area contributed by atoms with Gasteiger partial charge in [0, 0.05) is 77.0 Å². The zero-order valence-corrected chi connectivity index (χ0v) is 50.3. The fraction of sp³-hybridized carbons (Fsp3) is 0.797. The van der Waals surface area contributed by atoms with Gasteiger partial charge >= 0.3 is 29.8 Å². The predicted molar refractivity (Wildman–Crippen MR) is 308 cm³/mol. The molecule has 0 aliphatic heterocycles. The average Bonchev–Trinajstić information content (AvgIpc) is 3.49. The maximum atomic E-state index is 12.7. The summed E-state index contributed by atoms with van der Waals surface area (Å²) < 4.78 is 21.5. The molecule has 488 valence electrons. The number of nitrogens with one attached hydrogen (secondary N) is 4. The Bertz CT molecular complexity index is 1990. The highest BCUT2D eigenvalue weighted by Gasteiger charge is 2.28. The second kappa shape index (κ2) is 51.3. The number of carboxylic acids is 5. The molecule has 0 aromatic rings. The lowest BCUT2D eigenvalue weighted by atomic mass is 9.94. The lowest BCUT2D eigenvalue weighted by Crippen LogP contribution is -2.49. The van der Waals surface area contributed by atoms with Crippen molar-refractivity contribution in [1.29, 1.82) is 0 Å². The van der Waals surface area contributed by atoms with E-state index in [0.717, 1.165) is 57.8 Å². The van der Waals surface area contributed by atoms with Gasteiger partial charge in [0.05, 0.1) is 51.0 Å². The van der Waals surface area contributed by atoms with Gasteiger partial charge in [-0.25, -0.2) is 9.59 Å². The van der Waals surface area contributed by atoms with Gasteiger partial charge in [0.2, 0.25) is 23.6 Å². The zero-order valence-electron chi connectivity index (χ0n) is 50.3. The number of hydrogen-bond acceptors (Lipinski definition) is 17. The van der Waals surface area contributed by atoms with Gasteiger partial charge in [-0.2, -0.15) is 0 Å². The monoisotopic (exact) mass is 1220 g/mol. The van der Waals surface area contributed by atoms with Crippen molar-refractivity contribution in [2.24, 2.45) is 17.8 Å². The predicted octanol–water partition coefficient (Wildman–Crippen LogP) is 4.95. The number of aliphatic hydroxyl groups is 1. The van der Waals surface area contributed by atoms with Crippen molar-refractivity contribution in [1.82, 2.24) is 21.3 Å². The summed E-state index contributed by atoms with van der Waals surface area (Å²) in [6.07, 6.45) is 13.9. The molecule has 0 saturated heterocycles. The normalized spacial score (nSPS) is 13.3. The second-order valence-corrected chi connectivity index (χ2v) is 21.6. The Kier molecular flexibility index (Phi) is 47.7. The first-order valence-corrected chi connectivity index (χ1v) is 30.3. The quantitative estimate of drug-likeness (QED) is 0.0360. The molecule has 26 nitrogen and oxygen atoms in total. The molecule has 0 heterocycles. The van der Waals surface area contributed by atoms with Crippen LogP contribution in [-0.2, 0) is 76.5 Å². The molecule has 10 N–H and O–H groups in total. The third kappa shape index (κ3) is 46.9. The maximum absolute atomic E-state index is 12.7. The van der Waals surface area contributed by atoms with Crippen molar-refractivity contribution in [2.45, 2.75) is 218 Å². The van der Waals surface area contributed by atoms with Crippen LogP contribution in [0.25, 0.3) is 0 Å². The van der Waals surface area contributed by atoms with Gasteiger partial charge < -0.3 is 70.9 Å². The number of rotatable bonds is 60. The summed E-state index contributed by atoms with van der Waals surface area (Å²) in [7, 11) is 0. The highest BCUT2D eigenvalue weighted by atomic mass is 16.5. The van der Waals surface area contributed by atoms with Gasteiger partial charge in [-0.15, -0.1) is 0 Å². The minimum atomic E-state index is -1.42. The molecule has 0 fully saturated rings. The molecule has 0 radical (unpaired) electrons. The molecule has 6 atom stereocenters. The Hall–Kier alpha value is -5.96. The van der Waals surface area contributed by atoms with Crippen molar-refractivity contribution in [3.63, 3.8) is 0 Å². The van der Waals surface area contributed by atoms with Crippen molar-refractivity contribution in [3.05, 3.63) is 0 Å². The molecule has 0 aromatic carbocycles. The van der Waals surface area contributed by atoms with Crippen LogP contribution in [0.1, 0.15) is 200 Å². The molecule has 0 unspecified atom stereocenters. The molecule has 26 heteroatoms. The lowest BCUT2D eigenvalue weighted by molar-refractivity contribution is -0.145. The van der Waals surface area contributed by atoms with Crippen LogP contribution in [0.15, 0.2) is 0 Å². The summed E-state index contributed by atoms with van der Waals surface area (Å²) in [6, 6.07) is -2.72. The Morgan fingerprint density at radius 3 is 1.34 bits per heavy atom. The number of ketones is 3. The molecule has 0 saturated carbocycles. The van der Waals surface area contributed by atoms with E-state index in [9.17, 15) is 78.0 Å². The first kappa shape index (κ1) is 79.0. The minimum Gasteiger partial charge on any atom is -0.481 e. The number of aliphatic carboxylic acids is 5. The van der Waals surface area contributed by atoms with E-state index in [1.807, 2.05) is 0 Å². The Labute approximate surface area is 499 Å². The standard InChI is InChI=1S/C59H100N4O22/c1-42(55(73)63-54(43(2)64)59(80)81)20-17-18-30-60-50(68)28-25-45(57(76)77)39-48(67)41-85-36-34-82-32-19-21-47(66)40-84-37-35-83-33-31-61-51(69)29-24-44(56(74)75)38-46(65)26-27-49(58(78)79)62-52(70)22-15-13-11-9-7-5-3-4-6-8-10-12-14-16-23-53(71)72/h42-45,49,54,64H,3-41H2,1-2H3,(H,60,68)(H,61,69)(H,62,70)(H,63,73)(H,71,72)(H,74,75)(H,76,77)(H,78,79)(H,80,81)/t42-,43+,44+,45+,49-,54-/m0/s1. The molecule has 0 bridgehead atoms. The molecule has 0 aliphatic rings. The van der Waals surface area contributed by atoms with Crippen molar-refractivity contribution in [3.8, 4) is 0 Å². The van der Waals surface area contributed by atoms with E-state index in [1.54, 1.807) is 6.92 Å². The van der Waals surface area contributed by atoms with Gasteiger partial charge in [0.1, 0.15) is 25.0 Å². The van der Waals surface area contributed by atoms with E-state index < -0.39 is 107 Å². The molecular weight excluding hydrogens is 1120 g/mol. The van der Waals surface area contributed by atoms with Crippen LogP contribution in [0.5, 0.6) is 0 Å². The number of hydrogen-bond donors (Lipinski definition) is 10. The smallest absolute Gasteiger partial charge is 0.328 e. The number of aliphatic hydroxyl groups excluding tert-OH is 1. The molecule has 0 aliphatic carbocycles. The number of ether oxygens (including phenoxy) is 4. The minimum absolute atomic E-state index is 0.0481. The SMILES string of the molecule is C[C@@H](CCCCNC(=O)CC[C@H](CC(=O)COCCOCCCC(=O)COCCOCCNC(=O)CC[C@H](CC(=O)CC[C@H](NC(=O)CCCCCCCCCCCCCCCCC(=O)O)C(=O)O)C(=O)O)C(=O)O)C(=O)N[C@H](C(=O)O)[C@@H](C)O. The van der Waals surface area contributed by atoms with Crippen LogP contribution in [0.3, 0.4) is 0 Å². The Morgan fingerprint density at radius 1 is 0.376 bits per heavy atom. The summed E-state index contributed by atoms with van der Waals surface area (Å²) in [5, 5.41) is 66.2. The van der Waals surface area contributed by atoms with Crippen molar-refractivity contribution < 1.29 is 107 Å².